The zero-order valence-electron chi connectivity index (χ0n) is 17.6. The van der Waals surface area contributed by atoms with Crippen molar-refractivity contribution < 1.29 is 5.11 Å². The number of nitrogens with one attached hydrogen (secondary N) is 3. The second-order valence-corrected chi connectivity index (χ2v) is 8.28. The molecule has 0 saturated heterocycles. The number of rotatable bonds is 8. The highest BCUT2D eigenvalue weighted by molar-refractivity contribution is 6.30. The second kappa shape index (κ2) is 9.41. The van der Waals surface area contributed by atoms with Crippen LogP contribution in [0.15, 0.2) is 54.6 Å². The van der Waals surface area contributed by atoms with Gasteiger partial charge in [-0.1, -0.05) is 48.0 Å². The normalized spacial score (nSPS) is 13.6. The summed E-state index contributed by atoms with van der Waals surface area (Å²) in [7, 11) is 0. The molecule has 0 saturated carbocycles. The topological polar surface area (TPSA) is 85.3 Å². The predicted octanol–water partition coefficient (Wildman–Crippen LogP) is 4.49. The lowest BCUT2D eigenvalue weighted by Gasteiger charge is -2.23. The third-order valence-electron chi connectivity index (χ3n) is 5.18. The van der Waals surface area contributed by atoms with Crippen LogP contribution in [0.25, 0.3) is 0 Å². The number of nitrogens with zero attached hydrogens (tertiary/aromatic N) is 3. The molecule has 0 radical (unpaired) electrons. The first-order valence-corrected chi connectivity index (χ1v) is 10.8. The fourth-order valence-corrected chi connectivity index (χ4v) is 3.78. The Morgan fingerprint density at radius 2 is 1.94 bits per heavy atom. The van der Waals surface area contributed by atoms with Crippen molar-refractivity contribution in [1.82, 2.24) is 9.97 Å². The fourth-order valence-electron chi connectivity index (χ4n) is 3.59. The summed E-state index contributed by atoms with van der Waals surface area (Å²) in [4.78, 5) is 11.7. The van der Waals surface area contributed by atoms with Crippen LogP contribution < -0.4 is 20.9 Å². The monoisotopic (exact) mass is 438 g/mol. The van der Waals surface area contributed by atoms with Crippen LogP contribution >= 0.6 is 11.6 Å². The van der Waals surface area contributed by atoms with Gasteiger partial charge in [0.25, 0.3) is 0 Å². The Morgan fingerprint density at radius 1 is 1.13 bits per heavy atom. The molecule has 2 heterocycles. The van der Waals surface area contributed by atoms with E-state index in [1.807, 2.05) is 54.6 Å². The molecule has 162 valence electrons. The van der Waals surface area contributed by atoms with Gasteiger partial charge in [0.1, 0.15) is 5.69 Å². The van der Waals surface area contributed by atoms with E-state index in [1.165, 1.54) is 0 Å². The number of fused-ring (bicyclic) bond motifs is 1. The van der Waals surface area contributed by atoms with Crippen molar-refractivity contribution >= 4 is 40.6 Å². The van der Waals surface area contributed by atoms with Gasteiger partial charge in [-0.05, 0) is 44.0 Å². The molecule has 31 heavy (non-hydrogen) atoms. The number of aliphatic hydroxyl groups excluding tert-OH is 1. The molecular weight excluding hydrogens is 412 g/mol. The smallest absolute Gasteiger partial charge is 0.227 e. The van der Waals surface area contributed by atoms with Gasteiger partial charge in [0, 0.05) is 16.8 Å². The number of aromatic nitrogens is 2. The standard InChI is InChI=1S/C23H27ClN6O/c1-15(2)30-14-25-20-21(26-18-10-6-9-17(24)12-18)28-23(29-22(20)30)27-19(13-31)11-16-7-4-3-5-8-16/h3-10,12,15,19,25,31H,11,13-14H2,1-2H3,(H2,26,27,28,29)/t19-/m0/s1. The number of benzene rings is 2. The lowest BCUT2D eigenvalue weighted by molar-refractivity contribution is 0.273. The Morgan fingerprint density at radius 3 is 2.65 bits per heavy atom. The highest BCUT2D eigenvalue weighted by atomic mass is 35.5. The van der Waals surface area contributed by atoms with E-state index < -0.39 is 0 Å². The highest BCUT2D eigenvalue weighted by Gasteiger charge is 2.28. The van der Waals surface area contributed by atoms with E-state index in [0.717, 1.165) is 22.8 Å². The summed E-state index contributed by atoms with van der Waals surface area (Å²) in [6.45, 7) is 4.88. The molecule has 8 heteroatoms. The van der Waals surface area contributed by atoms with Crippen LogP contribution in [-0.4, -0.2) is 40.4 Å². The van der Waals surface area contributed by atoms with Crippen molar-refractivity contribution in [2.75, 3.05) is 34.1 Å². The summed E-state index contributed by atoms with van der Waals surface area (Å²) in [5.41, 5.74) is 2.83. The summed E-state index contributed by atoms with van der Waals surface area (Å²) >= 11 is 6.15. The third-order valence-corrected chi connectivity index (χ3v) is 5.41. The zero-order valence-corrected chi connectivity index (χ0v) is 18.4. The van der Waals surface area contributed by atoms with Crippen LogP contribution in [0.3, 0.4) is 0 Å². The lowest BCUT2D eigenvalue weighted by atomic mass is 10.1. The van der Waals surface area contributed by atoms with E-state index in [9.17, 15) is 5.11 Å². The average Bonchev–Trinajstić information content (AvgIpc) is 3.19. The Hall–Kier alpha value is -3.03. The SMILES string of the molecule is CC(C)N1CNc2c(Nc3cccc(Cl)c3)nc(N[C@H](CO)Cc3ccccc3)nc21. The first-order valence-electron chi connectivity index (χ1n) is 10.4. The van der Waals surface area contributed by atoms with E-state index in [1.54, 1.807) is 0 Å². The molecule has 0 bridgehead atoms. The van der Waals surface area contributed by atoms with Crippen LogP contribution in [0, 0.1) is 0 Å². The van der Waals surface area contributed by atoms with Crippen LogP contribution in [0.2, 0.25) is 5.02 Å². The maximum Gasteiger partial charge on any atom is 0.227 e. The quantitative estimate of drug-likeness (QED) is 0.412. The third kappa shape index (κ3) is 5.00. The van der Waals surface area contributed by atoms with Gasteiger partial charge in [0.2, 0.25) is 5.95 Å². The summed E-state index contributed by atoms with van der Waals surface area (Å²) in [6.07, 6.45) is 0.668. The minimum atomic E-state index is -0.207. The molecule has 4 N–H and O–H groups in total. The Balaban J connectivity index is 1.64. The predicted molar refractivity (Wildman–Crippen MR) is 128 cm³/mol. The molecule has 0 amide bonds. The molecule has 0 spiro atoms. The van der Waals surface area contributed by atoms with Gasteiger partial charge in [-0.2, -0.15) is 9.97 Å². The van der Waals surface area contributed by atoms with Crippen molar-refractivity contribution in [3.63, 3.8) is 0 Å². The van der Waals surface area contributed by atoms with Gasteiger partial charge in [0.15, 0.2) is 11.6 Å². The summed E-state index contributed by atoms with van der Waals surface area (Å²) in [5, 5.41) is 20.7. The van der Waals surface area contributed by atoms with E-state index in [0.29, 0.717) is 29.9 Å². The van der Waals surface area contributed by atoms with E-state index in [-0.39, 0.29) is 18.7 Å². The molecule has 7 nitrogen and oxygen atoms in total. The van der Waals surface area contributed by atoms with Crippen LogP contribution in [0.1, 0.15) is 19.4 Å². The molecule has 0 fully saturated rings. The molecule has 4 rings (SSSR count). The molecule has 1 aliphatic heterocycles. The van der Waals surface area contributed by atoms with Crippen molar-refractivity contribution in [2.24, 2.45) is 0 Å². The Bertz CT molecular complexity index is 1030. The van der Waals surface area contributed by atoms with Gasteiger partial charge < -0.3 is 26.0 Å². The van der Waals surface area contributed by atoms with Gasteiger partial charge in [-0.3, -0.25) is 0 Å². The Kier molecular flexibility index (Phi) is 6.44. The van der Waals surface area contributed by atoms with Crippen molar-refractivity contribution in [2.45, 2.75) is 32.4 Å². The lowest BCUT2D eigenvalue weighted by Crippen LogP contribution is -2.31. The fraction of sp³-hybridized carbons (Fsp3) is 0.304. The summed E-state index contributed by atoms with van der Waals surface area (Å²) < 4.78 is 0. The summed E-state index contributed by atoms with van der Waals surface area (Å²) in [5.74, 6) is 1.95. The van der Waals surface area contributed by atoms with Crippen LogP contribution in [0.4, 0.5) is 29.0 Å². The number of aliphatic hydroxyl groups is 1. The number of hydrogen-bond acceptors (Lipinski definition) is 7. The largest absolute Gasteiger partial charge is 0.394 e. The Labute approximate surface area is 187 Å². The first-order chi connectivity index (χ1) is 15.0. The van der Waals surface area contributed by atoms with Crippen molar-refractivity contribution in [3.05, 3.63) is 65.2 Å². The van der Waals surface area contributed by atoms with Crippen LogP contribution in [0.5, 0.6) is 0 Å². The molecular formula is C23H27ClN6O. The van der Waals surface area contributed by atoms with Crippen LogP contribution in [-0.2, 0) is 6.42 Å². The molecule has 1 aliphatic rings. The van der Waals surface area contributed by atoms with Gasteiger partial charge in [0.05, 0.1) is 19.3 Å². The number of anilines is 5. The molecule has 0 unspecified atom stereocenters. The molecule has 0 aliphatic carbocycles. The van der Waals surface area contributed by atoms with Gasteiger partial charge >= 0.3 is 0 Å². The maximum absolute atomic E-state index is 9.95. The van der Waals surface area contributed by atoms with E-state index in [2.05, 4.69) is 34.7 Å². The zero-order chi connectivity index (χ0) is 21.8. The van der Waals surface area contributed by atoms with Crippen molar-refractivity contribution in [1.29, 1.82) is 0 Å². The number of hydrogen-bond donors (Lipinski definition) is 4. The van der Waals surface area contributed by atoms with Gasteiger partial charge in [-0.15, -0.1) is 0 Å². The van der Waals surface area contributed by atoms with Gasteiger partial charge in [-0.25, -0.2) is 0 Å². The molecule has 3 aromatic rings. The average molecular weight is 439 g/mol. The van der Waals surface area contributed by atoms with Crippen molar-refractivity contribution in [3.8, 4) is 0 Å². The minimum Gasteiger partial charge on any atom is -0.394 e. The second-order valence-electron chi connectivity index (χ2n) is 7.84. The minimum absolute atomic E-state index is 0.0292. The first kappa shape index (κ1) is 21.2. The van der Waals surface area contributed by atoms with E-state index >= 15 is 0 Å². The molecule has 2 aromatic carbocycles. The molecule has 1 aromatic heterocycles. The summed E-state index contributed by atoms with van der Waals surface area (Å²) in [6, 6.07) is 17.6. The highest BCUT2D eigenvalue weighted by Crippen LogP contribution is 2.38. The molecule has 1 atom stereocenters. The number of halogens is 1. The maximum atomic E-state index is 9.95. The van der Waals surface area contributed by atoms with E-state index in [4.69, 9.17) is 21.6 Å².